The summed E-state index contributed by atoms with van der Waals surface area (Å²) in [6.45, 7) is 7.67. The van der Waals surface area contributed by atoms with Crippen LogP contribution in [-0.4, -0.2) is 37.9 Å². The zero-order chi connectivity index (χ0) is 46.3. The molecule has 0 spiro atoms. The zero-order valence-electron chi connectivity index (χ0n) is 42.5. The lowest BCUT2D eigenvalue weighted by Gasteiger charge is -2.18. The first-order valence-electron chi connectivity index (χ1n) is 27.5. The van der Waals surface area contributed by atoms with Gasteiger partial charge in [-0.25, -0.2) is 0 Å². The molecule has 0 aliphatic carbocycles. The minimum atomic E-state index is -0.550. The molecule has 0 saturated carbocycles. The van der Waals surface area contributed by atoms with Gasteiger partial charge in [-0.05, 0) is 89.9 Å². The summed E-state index contributed by atoms with van der Waals surface area (Å²) in [5, 5.41) is 0. The Bertz CT molecular complexity index is 1150. The predicted molar refractivity (Wildman–Crippen MR) is 279 cm³/mol. The van der Waals surface area contributed by atoms with Crippen LogP contribution in [0.2, 0.25) is 0 Å². The van der Waals surface area contributed by atoms with Crippen LogP contribution in [-0.2, 0) is 23.8 Å². The van der Waals surface area contributed by atoms with E-state index in [1.165, 1.54) is 148 Å². The fourth-order valence-corrected chi connectivity index (χ4v) is 7.65. The fraction of sp³-hybridized carbons (Fsp3) is 0.763. The van der Waals surface area contributed by atoms with Crippen LogP contribution < -0.4 is 0 Å². The second kappa shape index (κ2) is 54.7. The largest absolute Gasteiger partial charge is 0.462 e. The number of ether oxygens (including phenoxy) is 3. The summed E-state index contributed by atoms with van der Waals surface area (Å²) < 4.78 is 17.4. The minimum absolute atomic E-state index is 0.0736. The summed E-state index contributed by atoms with van der Waals surface area (Å²) >= 11 is 0. The molecule has 64 heavy (non-hydrogen) atoms. The summed E-state index contributed by atoms with van der Waals surface area (Å²) in [6.07, 6.45) is 70.5. The Labute approximate surface area is 397 Å². The minimum Gasteiger partial charge on any atom is -0.462 e. The average molecular weight is 893 g/mol. The standard InChI is InChI=1S/C59H104O5/c1-4-7-10-13-16-19-22-25-27-29-31-33-36-39-42-45-48-51-54-62-55-57(64-59(61)53-50-47-44-41-38-34-24-21-18-15-12-9-6-3)56-63-58(60)52-49-46-43-40-37-35-32-30-28-26-23-20-17-14-11-8-5-2/h7,10,16-17,19-20,25-28,31,33,57H,4-6,8-9,11-15,18,21-24,29-30,32,34-56H2,1-3H3/b10-7-,19-16-,20-17-,27-25-,28-26-,33-31-. The topological polar surface area (TPSA) is 61.8 Å². The summed E-state index contributed by atoms with van der Waals surface area (Å²) in [5.41, 5.74) is 0. The second-order valence-corrected chi connectivity index (χ2v) is 18.1. The summed E-state index contributed by atoms with van der Waals surface area (Å²) in [7, 11) is 0. The van der Waals surface area contributed by atoms with E-state index in [0.29, 0.717) is 19.4 Å². The third kappa shape index (κ3) is 52.0. The Morgan fingerprint density at radius 2 is 0.703 bits per heavy atom. The lowest BCUT2D eigenvalue weighted by atomic mass is 10.0. The van der Waals surface area contributed by atoms with Crippen LogP contribution in [0.4, 0.5) is 0 Å². The number of rotatable bonds is 50. The van der Waals surface area contributed by atoms with E-state index < -0.39 is 6.10 Å². The van der Waals surface area contributed by atoms with Gasteiger partial charge in [0, 0.05) is 19.4 Å². The lowest BCUT2D eigenvalue weighted by Crippen LogP contribution is -2.30. The Morgan fingerprint density at radius 3 is 1.16 bits per heavy atom. The van der Waals surface area contributed by atoms with E-state index in [-0.39, 0.29) is 25.2 Å². The van der Waals surface area contributed by atoms with E-state index in [1.54, 1.807) is 0 Å². The van der Waals surface area contributed by atoms with Gasteiger partial charge in [0.1, 0.15) is 6.61 Å². The number of unbranched alkanes of at least 4 members (excludes halogenated alkanes) is 27. The van der Waals surface area contributed by atoms with Crippen LogP contribution in [0.1, 0.15) is 265 Å². The first-order chi connectivity index (χ1) is 31.6. The predicted octanol–water partition coefficient (Wildman–Crippen LogP) is 18.7. The first kappa shape index (κ1) is 61.3. The number of carbonyl (C=O) groups excluding carboxylic acids is 2. The van der Waals surface area contributed by atoms with Gasteiger partial charge in [-0.3, -0.25) is 9.59 Å². The summed E-state index contributed by atoms with van der Waals surface area (Å²) in [6, 6.07) is 0. The van der Waals surface area contributed by atoms with E-state index >= 15 is 0 Å². The van der Waals surface area contributed by atoms with Crippen molar-refractivity contribution < 1.29 is 23.8 Å². The third-order valence-electron chi connectivity index (χ3n) is 11.7. The number of allylic oxidation sites excluding steroid dienone is 12. The van der Waals surface area contributed by atoms with E-state index in [4.69, 9.17) is 14.2 Å². The van der Waals surface area contributed by atoms with E-state index in [0.717, 1.165) is 83.5 Å². The Balaban J connectivity index is 4.30. The van der Waals surface area contributed by atoms with Gasteiger partial charge < -0.3 is 14.2 Å². The number of carbonyl (C=O) groups is 2. The normalized spacial score (nSPS) is 12.7. The molecule has 0 aromatic rings. The maximum Gasteiger partial charge on any atom is 0.306 e. The van der Waals surface area contributed by atoms with Gasteiger partial charge in [0.05, 0.1) is 6.61 Å². The van der Waals surface area contributed by atoms with Crippen LogP contribution in [0.25, 0.3) is 0 Å². The monoisotopic (exact) mass is 893 g/mol. The van der Waals surface area contributed by atoms with Crippen molar-refractivity contribution in [1.82, 2.24) is 0 Å². The maximum atomic E-state index is 12.8. The molecule has 0 N–H and O–H groups in total. The zero-order valence-corrected chi connectivity index (χ0v) is 42.5. The third-order valence-corrected chi connectivity index (χ3v) is 11.7. The lowest BCUT2D eigenvalue weighted by molar-refractivity contribution is -0.163. The van der Waals surface area contributed by atoms with E-state index in [2.05, 4.69) is 93.7 Å². The number of hydrogen-bond acceptors (Lipinski definition) is 5. The quantitative estimate of drug-likeness (QED) is 0.0346. The molecule has 0 amide bonds. The highest BCUT2D eigenvalue weighted by molar-refractivity contribution is 5.70. The van der Waals surface area contributed by atoms with Crippen LogP contribution in [0, 0.1) is 0 Å². The molecule has 0 radical (unpaired) electrons. The molecule has 370 valence electrons. The van der Waals surface area contributed by atoms with Crippen molar-refractivity contribution in [2.75, 3.05) is 19.8 Å². The molecule has 0 rings (SSSR count). The van der Waals surface area contributed by atoms with Gasteiger partial charge in [0.25, 0.3) is 0 Å². The molecular weight excluding hydrogens is 789 g/mol. The van der Waals surface area contributed by atoms with Crippen molar-refractivity contribution in [1.29, 1.82) is 0 Å². The van der Waals surface area contributed by atoms with Gasteiger partial charge in [-0.1, -0.05) is 235 Å². The Hall–Kier alpha value is -2.66. The van der Waals surface area contributed by atoms with Crippen LogP contribution >= 0.6 is 0 Å². The highest BCUT2D eigenvalue weighted by atomic mass is 16.6. The molecule has 0 aliphatic rings. The van der Waals surface area contributed by atoms with Gasteiger partial charge in [0.2, 0.25) is 0 Å². The molecule has 5 heteroatoms. The highest BCUT2D eigenvalue weighted by Crippen LogP contribution is 2.15. The molecule has 0 fully saturated rings. The van der Waals surface area contributed by atoms with Gasteiger partial charge in [-0.2, -0.15) is 0 Å². The number of hydrogen-bond donors (Lipinski definition) is 0. The molecule has 0 aromatic heterocycles. The molecule has 1 atom stereocenters. The molecular formula is C59H104O5. The summed E-state index contributed by atoms with van der Waals surface area (Å²) in [4.78, 5) is 25.5. The van der Waals surface area contributed by atoms with Crippen molar-refractivity contribution in [3.8, 4) is 0 Å². The van der Waals surface area contributed by atoms with Gasteiger partial charge in [-0.15, -0.1) is 0 Å². The van der Waals surface area contributed by atoms with E-state index in [1.807, 2.05) is 0 Å². The second-order valence-electron chi connectivity index (χ2n) is 18.1. The SMILES string of the molecule is CC/C=C\C/C=C\C/C=C\C/C=C\CCCCCCCOCC(COC(=O)CCCCCCCCC/C=C\C/C=C\CCCCC)OC(=O)CCCCCCCCCCCCCCC. The molecule has 0 bridgehead atoms. The smallest absolute Gasteiger partial charge is 0.306 e. The number of esters is 2. The molecule has 0 aliphatic heterocycles. The molecule has 1 unspecified atom stereocenters. The average Bonchev–Trinajstić information content (AvgIpc) is 3.30. The fourth-order valence-electron chi connectivity index (χ4n) is 7.65. The maximum absolute atomic E-state index is 12.8. The van der Waals surface area contributed by atoms with Crippen molar-refractivity contribution in [2.45, 2.75) is 271 Å². The first-order valence-corrected chi connectivity index (χ1v) is 27.5. The van der Waals surface area contributed by atoms with Crippen molar-refractivity contribution in [2.24, 2.45) is 0 Å². The van der Waals surface area contributed by atoms with Crippen molar-refractivity contribution >= 4 is 11.9 Å². The van der Waals surface area contributed by atoms with Crippen LogP contribution in [0.3, 0.4) is 0 Å². The Kier molecular flexibility index (Phi) is 52.4. The van der Waals surface area contributed by atoms with Gasteiger partial charge in [0.15, 0.2) is 6.10 Å². The van der Waals surface area contributed by atoms with E-state index in [9.17, 15) is 9.59 Å². The van der Waals surface area contributed by atoms with Gasteiger partial charge >= 0.3 is 11.9 Å². The summed E-state index contributed by atoms with van der Waals surface area (Å²) in [5.74, 6) is -0.410. The van der Waals surface area contributed by atoms with Crippen molar-refractivity contribution in [3.05, 3.63) is 72.9 Å². The molecule has 0 aromatic carbocycles. The van der Waals surface area contributed by atoms with Crippen molar-refractivity contribution in [3.63, 3.8) is 0 Å². The van der Waals surface area contributed by atoms with Crippen LogP contribution in [0.5, 0.6) is 0 Å². The molecule has 0 saturated heterocycles. The highest BCUT2D eigenvalue weighted by Gasteiger charge is 2.17. The molecule has 0 heterocycles. The van der Waals surface area contributed by atoms with Crippen LogP contribution in [0.15, 0.2) is 72.9 Å². The Morgan fingerprint density at radius 1 is 0.359 bits per heavy atom. The molecule has 5 nitrogen and oxygen atoms in total.